The average molecular weight is 241 g/mol. The lowest BCUT2D eigenvalue weighted by molar-refractivity contribution is 0.312. The SMILES string of the molecule is CNC(Cc1c(F)cccc1F)CC(C)(C)C. The van der Waals surface area contributed by atoms with Crippen molar-refractivity contribution < 1.29 is 8.78 Å². The van der Waals surface area contributed by atoms with Crippen LogP contribution >= 0.6 is 0 Å². The van der Waals surface area contributed by atoms with Gasteiger partial charge in [-0.05, 0) is 37.4 Å². The van der Waals surface area contributed by atoms with Crippen LogP contribution in [0.1, 0.15) is 32.8 Å². The van der Waals surface area contributed by atoms with Gasteiger partial charge in [-0.2, -0.15) is 0 Å². The van der Waals surface area contributed by atoms with Crippen LogP contribution in [0.5, 0.6) is 0 Å². The van der Waals surface area contributed by atoms with Crippen LogP contribution in [-0.4, -0.2) is 13.1 Å². The Labute approximate surface area is 102 Å². The Morgan fingerprint density at radius 3 is 2.12 bits per heavy atom. The highest BCUT2D eigenvalue weighted by molar-refractivity contribution is 5.20. The third-order valence-electron chi connectivity index (χ3n) is 2.78. The molecule has 0 saturated carbocycles. The number of halogens is 2. The Morgan fingerprint density at radius 1 is 1.18 bits per heavy atom. The Balaban J connectivity index is 2.81. The van der Waals surface area contributed by atoms with Gasteiger partial charge >= 0.3 is 0 Å². The lowest BCUT2D eigenvalue weighted by atomic mass is 9.86. The predicted molar refractivity (Wildman–Crippen MR) is 67.0 cm³/mol. The summed E-state index contributed by atoms with van der Waals surface area (Å²) in [7, 11) is 1.83. The van der Waals surface area contributed by atoms with Crippen molar-refractivity contribution in [2.24, 2.45) is 5.41 Å². The van der Waals surface area contributed by atoms with Crippen molar-refractivity contribution in [2.75, 3.05) is 7.05 Å². The molecule has 3 heteroatoms. The Hall–Kier alpha value is -0.960. The van der Waals surface area contributed by atoms with Crippen molar-refractivity contribution in [3.63, 3.8) is 0 Å². The molecule has 1 aromatic rings. The number of benzene rings is 1. The van der Waals surface area contributed by atoms with Crippen molar-refractivity contribution >= 4 is 0 Å². The minimum atomic E-state index is -0.459. The minimum Gasteiger partial charge on any atom is -0.317 e. The molecule has 0 aromatic heterocycles. The highest BCUT2D eigenvalue weighted by atomic mass is 19.1. The number of nitrogens with one attached hydrogen (secondary N) is 1. The molecular weight excluding hydrogens is 220 g/mol. The van der Waals surface area contributed by atoms with Gasteiger partial charge in [0.25, 0.3) is 0 Å². The first kappa shape index (κ1) is 14.1. The van der Waals surface area contributed by atoms with E-state index in [1.165, 1.54) is 18.2 Å². The van der Waals surface area contributed by atoms with Crippen LogP contribution in [0.25, 0.3) is 0 Å². The fraction of sp³-hybridized carbons (Fsp3) is 0.571. The summed E-state index contributed by atoms with van der Waals surface area (Å²) in [5.74, 6) is -0.918. The Kier molecular flexibility index (Phi) is 4.63. The molecule has 1 aromatic carbocycles. The summed E-state index contributed by atoms with van der Waals surface area (Å²) in [6.45, 7) is 6.36. The number of hydrogen-bond donors (Lipinski definition) is 1. The molecular formula is C14H21F2N. The first-order valence-electron chi connectivity index (χ1n) is 5.93. The molecule has 0 bridgehead atoms. The van der Waals surface area contributed by atoms with Crippen LogP contribution in [0.15, 0.2) is 18.2 Å². The van der Waals surface area contributed by atoms with E-state index in [-0.39, 0.29) is 17.0 Å². The normalized spacial score (nSPS) is 13.8. The summed E-state index contributed by atoms with van der Waals surface area (Å²) in [5, 5.41) is 3.13. The zero-order valence-corrected chi connectivity index (χ0v) is 11.0. The Bertz CT molecular complexity index is 349. The predicted octanol–water partition coefficient (Wildman–Crippen LogP) is 3.53. The second-order valence-corrected chi connectivity index (χ2v) is 5.65. The zero-order chi connectivity index (χ0) is 13.1. The van der Waals surface area contributed by atoms with Crippen molar-refractivity contribution in [3.05, 3.63) is 35.4 Å². The fourth-order valence-corrected chi connectivity index (χ4v) is 1.99. The summed E-state index contributed by atoms with van der Waals surface area (Å²) in [6.07, 6.45) is 1.25. The molecule has 0 radical (unpaired) electrons. The fourth-order valence-electron chi connectivity index (χ4n) is 1.99. The topological polar surface area (TPSA) is 12.0 Å². The first-order valence-corrected chi connectivity index (χ1v) is 5.93. The van der Waals surface area contributed by atoms with Crippen LogP contribution in [-0.2, 0) is 6.42 Å². The number of hydrogen-bond acceptors (Lipinski definition) is 1. The average Bonchev–Trinajstić information content (AvgIpc) is 2.20. The standard InChI is InChI=1S/C14H21F2N/c1-14(2,3)9-10(17-4)8-11-12(15)6-5-7-13(11)16/h5-7,10,17H,8-9H2,1-4H3. The van der Waals surface area contributed by atoms with E-state index in [2.05, 4.69) is 26.1 Å². The zero-order valence-electron chi connectivity index (χ0n) is 11.0. The molecule has 1 atom stereocenters. The maximum absolute atomic E-state index is 13.5. The van der Waals surface area contributed by atoms with Gasteiger partial charge in [0.05, 0.1) is 0 Å². The van der Waals surface area contributed by atoms with Gasteiger partial charge in [-0.1, -0.05) is 26.8 Å². The molecule has 0 aliphatic heterocycles. The van der Waals surface area contributed by atoms with E-state index in [0.29, 0.717) is 6.42 Å². The van der Waals surface area contributed by atoms with Gasteiger partial charge in [0.15, 0.2) is 0 Å². The summed E-state index contributed by atoms with van der Waals surface area (Å²) in [4.78, 5) is 0. The van der Waals surface area contributed by atoms with Gasteiger partial charge in [0.1, 0.15) is 11.6 Å². The van der Waals surface area contributed by atoms with E-state index in [0.717, 1.165) is 6.42 Å². The van der Waals surface area contributed by atoms with Crippen molar-refractivity contribution in [1.82, 2.24) is 5.32 Å². The van der Waals surface area contributed by atoms with Crippen LogP contribution in [0.4, 0.5) is 8.78 Å². The van der Waals surface area contributed by atoms with E-state index in [9.17, 15) is 8.78 Å². The molecule has 96 valence electrons. The van der Waals surface area contributed by atoms with E-state index in [4.69, 9.17) is 0 Å². The van der Waals surface area contributed by atoms with Gasteiger partial charge in [-0.25, -0.2) is 8.78 Å². The van der Waals surface area contributed by atoms with Crippen molar-refractivity contribution in [3.8, 4) is 0 Å². The maximum atomic E-state index is 13.5. The van der Waals surface area contributed by atoms with E-state index >= 15 is 0 Å². The van der Waals surface area contributed by atoms with Crippen molar-refractivity contribution in [1.29, 1.82) is 0 Å². The van der Waals surface area contributed by atoms with Crippen LogP contribution in [0, 0.1) is 17.0 Å². The van der Waals surface area contributed by atoms with Crippen LogP contribution in [0.3, 0.4) is 0 Å². The number of rotatable bonds is 4. The Morgan fingerprint density at radius 2 is 1.71 bits per heavy atom. The molecule has 0 aliphatic rings. The molecule has 0 heterocycles. The van der Waals surface area contributed by atoms with Gasteiger partial charge in [-0.15, -0.1) is 0 Å². The largest absolute Gasteiger partial charge is 0.317 e. The third kappa shape index (κ3) is 4.43. The van der Waals surface area contributed by atoms with Crippen LogP contribution in [0.2, 0.25) is 0 Å². The second kappa shape index (κ2) is 5.58. The maximum Gasteiger partial charge on any atom is 0.129 e. The summed E-state index contributed by atoms with van der Waals surface area (Å²) in [5.41, 5.74) is 0.311. The molecule has 0 spiro atoms. The molecule has 0 fully saturated rings. The monoisotopic (exact) mass is 241 g/mol. The first-order chi connectivity index (χ1) is 7.83. The second-order valence-electron chi connectivity index (χ2n) is 5.65. The smallest absolute Gasteiger partial charge is 0.129 e. The summed E-state index contributed by atoms with van der Waals surface area (Å²) < 4.78 is 27.0. The quantitative estimate of drug-likeness (QED) is 0.850. The van der Waals surface area contributed by atoms with E-state index in [1.54, 1.807) is 0 Å². The third-order valence-corrected chi connectivity index (χ3v) is 2.78. The molecule has 1 nitrogen and oxygen atoms in total. The molecule has 1 unspecified atom stereocenters. The van der Waals surface area contributed by atoms with Gasteiger partial charge in [0, 0.05) is 11.6 Å². The molecule has 0 aliphatic carbocycles. The molecule has 0 saturated heterocycles. The summed E-state index contributed by atoms with van der Waals surface area (Å²) in [6, 6.07) is 4.10. The molecule has 0 amide bonds. The van der Waals surface area contributed by atoms with Gasteiger partial charge in [0.2, 0.25) is 0 Å². The van der Waals surface area contributed by atoms with Crippen LogP contribution < -0.4 is 5.32 Å². The lowest BCUT2D eigenvalue weighted by Crippen LogP contribution is -2.32. The highest BCUT2D eigenvalue weighted by Gasteiger charge is 2.20. The molecule has 17 heavy (non-hydrogen) atoms. The highest BCUT2D eigenvalue weighted by Crippen LogP contribution is 2.24. The van der Waals surface area contributed by atoms with E-state index in [1.807, 2.05) is 7.05 Å². The van der Waals surface area contributed by atoms with Gasteiger partial charge < -0.3 is 5.32 Å². The molecule has 1 N–H and O–H groups in total. The van der Waals surface area contributed by atoms with E-state index < -0.39 is 11.6 Å². The summed E-state index contributed by atoms with van der Waals surface area (Å²) >= 11 is 0. The number of likely N-dealkylation sites (N-methyl/N-ethyl adjacent to an activating group) is 1. The lowest BCUT2D eigenvalue weighted by Gasteiger charge is -2.26. The minimum absolute atomic E-state index is 0.0846. The van der Waals surface area contributed by atoms with Crippen molar-refractivity contribution in [2.45, 2.75) is 39.7 Å². The van der Waals surface area contributed by atoms with Gasteiger partial charge in [-0.3, -0.25) is 0 Å². The molecule has 1 rings (SSSR count).